The van der Waals surface area contributed by atoms with Gasteiger partial charge in [-0.15, -0.1) is 11.8 Å². The topological polar surface area (TPSA) is 75.3 Å². The first kappa shape index (κ1) is 21.0. The zero-order chi connectivity index (χ0) is 20.7. The van der Waals surface area contributed by atoms with E-state index in [4.69, 9.17) is 0 Å². The van der Waals surface area contributed by atoms with E-state index < -0.39 is 10.0 Å². The van der Waals surface area contributed by atoms with Crippen molar-refractivity contribution in [3.8, 4) is 0 Å². The summed E-state index contributed by atoms with van der Waals surface area (Å²) >= 11 is 1.67. The lowest BCUT2D eigenvalue weighted by Crippen LogP contribution is -2.25. The van der Waals surface area contributed by atoms with Crippen LogP contribution in [0.2, 0.25) is 0 Å². The van der Waals surface area contributed by atoms with Crippen LogP contribution >= 0.6 is 11.8 Å². The maximum absolute atomic E-state index is 12.4. The Kier molecular flexibility index (Phi) is 6.95. The van der Waals surface area contributed by atoms with Crippen LogP contribution in [0.25, 0.3) is 0 Å². The number of carbonyl (C=O) groups excluding carboxylic acids is 1. The molecule has 0 radical (unpaired) electrons. The van der Waals surface area contributed by atoms with Crippen LogP contribution in [0, 0.1) is 6.92 Å². The summed E-state index contributed by atoms with van der Waals surface area (Å²) < 4.78 is 27.4. The molecule has 0 aliphatic rings. The number of nitrogens with one attached hydrogen (secondary N) is 2. The minimum absolute atomic E-state index is 0.188. The predicted molar refractivity (Wildman–Crippen MR) is 118 cm³/mol. The first-order chi connectivity index (χ1) is 13.9. The maximum atomic E-state index is 12.4. The SMILES string of the molecule is Cc1ccc(S(=O)(=O)Nc2ccc(C(=O)NCCSc3ccccc3)cc2)cc1. The number of rotatable bonds is 8. The molecule has 1 amide bonds. The Morgan fingerprint density at radius 2 is 1.55 bits per heavy atom. The fraction of sp³-hybridized carbons (Fsp3) is 0.136. The Morgan fingerprint density at radius 1 is 0.897 bits per heavy atom. The molecule has 0 fully saturated rings. The smallest absolute Gasteiger partial charge is 0.261 e. The first-order valence-corrected chi connectivity index (χ1v) is 11.6. The van der Waals surface area contributed by atoms with Crippen molar-refractivity contribution < 1.29 is 13.2 Å². The molecule has 7 heteroatoms. The van der Waals surface area contributed by atoms with Crippen molar-refractivity contribution in [2.75, 3.05) is 17.0 Å². The zero-order valence-corrected chi connectivity index (χ0v) is 17.6. The molecule has 0 aliphatic heterocycles. The second-order valence-electron chi connectivity index (χ2n) is 6.41. The molecule has 3 aromatic rings. The van der Waals surface area contributed by atoms with Gasteiger partial charge >= 0.3 is 0 Å². The first-order valence-electron chi connectivity index (χ1n) is 9.10. The summed E-state index contributed by atoms with van der Waals surface area (Å²) in [4.78, 5) is 13.6. The van der Waals surface area contributed by atoms with Crippen molar-refractivity contribution in [2.24, 2.45) is 0 Å². The third-order valence-electron chi connectivity index (χ3n) is 4.13. The Bertz CT molecular complexity index is 1050. The normalized spacial score (nSPS) is 11.1. The van der Waals surface area contributed by atoms with Crippen LogP contribution in [-0.2, 0) is 10.0 Å². The van der Waals surface area contributed by atoms with Crippen molar-refractivity contribution in [3.63, 3.8) is 0 Å². The van der Waals surface area contributed by atoms with Gasteiger partial charge in [0.25, 0.3) is 15.9 Å². The highest BCUT2D eigenvalue weighted by Crippen LogP contribution is 2.18. The molecule has 3 rings (SSSR count). The summed E-state index contributed by atoms with van der Waals surface area (Å²) in [7, 11) is -3.66. The van der Waals surface area contributed by atoms with Crippen LogP contribution in [0.15, 0.2) is 88.7 Å². The second kappa shape index (κ2) is 9.62. The standard InChI is InChI=1S/C22H22N2O3S2/c1-17-7-13-21(14-8-17)29(26,27)24-19-11-9-18(10-12-19)22(25)23-15-16-28-20-5-3-2-4-6-20/h2-14,24H,15-16H2,1H3,(H,23,25). The van der Waals surface area contributed by atoms with Crippen LogP contribution < -0.4 is 10.0 Å². The number of hydrogen-bond acceptors (Lipinski definition) is 4. The number of benzene rings is 3. The fourth-order valence-electron chi connectivity index (χ4n) is 2.57. The van der Waals surface area contributed by atoms with Crippen LogP contribution in [-0.4, -0.2) is 26.6 Å². The van der Waals surface area contributed by atoms with Crippen LogP contribution in [0.3, 0.4) is 0 Å². The van der Waals surface area contributed by atoms with Gasteiger partial charge in [-0.1, -0.05) is 35.9 Å². The average molecular weight is 427 g/mol. The van der Waals surface area contributed by atoms with Gasteiger partial charge < -0.3 is 5.32 Å². The highest BCUT2D eigenvalue weighted by atomic mass is 32.2. The second-order valence-corrected chi connectivity index (χ2v) is 9.26. The Hall–Kier alpha value is -2.77. The largest absolute Gasteiger partial charge is 0.351 e. The van der Waals surface area contributed by atoms with E-state index in [-0.39, 0.29) is 10.8 Å². The molecule has 0 atom stereocenters. The number of anilines is 1. The van der Waals surface area contributed by atoms with E-state index in [9.17, 15) is 13.2 Å². The monoisotopic (exact) mass is 426 g/mol. The minimum Gasteiger partial charge on any atom is -0.351 e. The maximum Gasteiger partial charge on any atom is 0.261 e. The number of thioether (sulfide) groups is 1. The molecule has 0 heterocycles. The third kappa shape index (κ3) is 6.10. The molecule has 0 spiro atoms. The number of aryl methyl sites for hydroxylation is 1. The number of sulfonamides is 1. The van der Waals surface area contributed by atoms with E-state index in [0.717, 1.165) is 16.2 Å². The highest BCUT2D eigenvalue weighted by Gasteiger charge is 2.14. The van der Waals surface area contributed by atoms with Crippen molar-refractivity contribution in [2.45, 2.75) is 16.7 Å². The summed E-state index contributed by atoms with van der Waals surface area (Å²) in [6.45, 7) is 2.44. The van der Waals surface area contributed by atoms with E-state index in [0.29, 0.717) is 17.8 Å². The lowest BCUT2D eigenvalue weighted by atomic mass is 10.2. The molecule has 2 N–H and O–H groups in total. The molecule has 0 unspecified atom stereocenters. The summed E-state index contributed by atoms with van der Waals surface area (Å²) in [5, 5.41) is 2.87. The van der Waals surface area contributed by atoms with Gasteiger partial charge in [0.2, 0.25) is 0 Å². The van der Waals surface area contributed by atoms with Gasteiger partial charge in [0.05, 0.1) is 4.90 Å². The van der Waals surface area contributed by atoms with Crippen molar-refractivity contribution >= 4 is 33.4 Å². The summed E-state index contributed by atoms with van der Waals surface area (Å²) in [5.74, 6) is 0.580. The van der Waals surface area contributed by atoms with E-state index in [1.54, 1.807) is 60.3 Å². The van der Waals surface area contributed by atoms with Gasteiger partial charge in [-0.2, -0.15) is 0 Å². The van der Waals surface area contributed by atoms with Gasteiger partial charge in [-0.25, -0.2) is 8.42 Å². The van der Waals surface area contributed by atoms with Gasteiger partial charge in [-0.05, 0) is 55.5 Å². The summed E-state index contributed by atoms with van der Waals surface area (Å²) in [6, 6.07) is 23.0. The Labute approximate surface area is 175 Å². The van der Waals surface area contributed by atoms with Crippen LogP contribution in [0.5, 0.6) is 0 Å². The number of hydrogen-bond donors (Lipinski definition) is 2. The number of carbonyl (C=O) groups is 1. The molecule has 0 saturated carbocycles. The molecule has 0 aliphatic carbocycles. The molecule has 150 valence electrons. The molecule has 29 heavy (non-hydrogen) atoms. The van der Waals surface area contributed by atoms with Gasteiger partial charge in [0.15, 0.2) is 0 Å². The van der Waals surface area contributed by atoms with Crippen molar-refractivity contribution in [1.82, 2.24) is 5.32 Å². The fourth-order valence-corrected chi connectivity index (χ4v) is 4.42. The Balaban J connectivity index is 1.52. The van der Waals surface area contributed by atoms with Crippen LogP contribution in [0.4, 0.5) is 5.69 Å². The van der Waals surface area contributed by atoms with E-state index in [2.05, 4.69) is 10.0 Å². The van der Waals surface area contributed by atoms with Gasteiger partial charge in [0, 0.05) is 28.4 Å². The van der Waals surface area contributed by atoms with E-state index in [1.165, 1.54) is 0 Å². The highest BCUT2D eigenvalue weighted by molar-refractivity contribution is 7.99. The van der Waals surface area contributed by atoms with E-state index in [1.807, 2.05) is 37.3 Å². The number of amides is 1. The third-order valence-corrected chi connectivity index (χ3v) is 6.54. The van der Waals surface area contributed by atoms with Crippen LogP contribution in [0.1, 0.15) is 15.9 Å². The minimum atomic E-state index is -3.66. The summed E-state index contributed by atoms with van der Waals surface area (Å²) in [5.41, 5.74) is 1.87. The molecule has 0 aromatic heterocycles. The average Bonchev–Trinajstić information content (AvgIpc) is 2.72. The Morgan fingerprint density at radius 3 is 2.21 bits per heavy atom. The molecule has 5 nitrogen and oxygen atoms in total. The quantitative estimate of drug-likeness (QED) is 0.416. The lowest BCUT2D eigenvalue weighted by molar-refractivity contribution is 0.0956. The zero-order valence-electron chi connectivity index (χ0n) is 16.0. The molecule has 3 aromatic carbocycles. The predicted octanol–water partition coefficient (Wildman–Crippen LogP) is 4.32. The van der Waals surface area contributed by atoms with Gasteiger partial charge in [0.1, 0.15) is 0 Å². The van der Waals surface area contributed by atoms with Crippen molar-refractivity contribution in [3.05, 3.63) is 90.0 Å². The molecular formula is C22H22N2O3S2. The van der Waals surface area contributed by atoms with E-state index >= 15 is 0 Å². The lowest BCUT2D eigenvalue weighted by Gasteiger charge is -2.09. The van der Waals surface area contributed by atoms with Crippen molar-refractivity contribution in [1.29, 1.82) is 0 Å². The summed E-state index contributed by atoms with van der Waals surface area (Å²) in [6.07, 6.45) is 0. The molecular weight excluding hydrogens is 404 g/mol. The molecule has 0 bridgehead atoms. The molecule has 0 saturated heterocycles. The van der Waals surface area contributed by atoms with Gasteiger partial charge in [-0.3, -0.25) is 9.52 Å².